The predicted octanol–water partition coefficient (Wildman–Crippen LogP) is 8.00. The minimum absolute atomic E-state index is 0.0314. The number of Topliss-reactive ketones (excluding diaryl/α,β-unsaturated/α-hetero) is 3. The van der Waals surface area contributed by atoms with Crippen molar-refractivity contribution in [3.63, 3.8) is 0 Å². The first-order valence-electron chi connectivity index (χ1n) is 14.6. The van der Waals surface area contributed by atoms with Crippen LogP contribution in [0.2, 0.25) is 0 Å². The van der Waals surface area contributed by atoms with E-state index in [4.69, 9.17) is 0 Å². The molecule has 200 valence electrons. The molecule has 2 saturated carbocycles. The fourth-order valence-electron chi connectivity index (χ4n) is 7.24. The fraction of sp³-hybridized carbons (Fsp3) is 0.514. The molecule has 0 aromatic heterocycles. The largest absolute Gasteiger partial charge is 0.294 e. The highest BCUT2D eigenvalue weighted by Crippen LogP contribution is 2.45. The normalized spacial score (nSPS) is 26.1. The zero-order valence-corrected chi connectivity index (χ0v) is 23.7. The Morgan fingerprint density at radius 2 is 1.61 bits per heavy atom. The Hall–Kier alpha value is -2.81. The van der Waals surface area contributed by atoms with Gasteiger partial charge >= 0.3 is 0 Å². The summed E-state index contributed by atoms with van der Waals surface area (Å²) in [5, 5.41) is 0. The number of ketones is 3. The van der Waals surface area contributed by atoms with Crippen molar-refractivity contribution in [1.82, 2.24) is 0 Å². The van der Waals surface area contributed by atoms with E-state index in [1.807, 2.05) is 19.1 Å². The fourth-order valence-corrected chi connectivity index (χ4v) is 7.24. The van der Waals surface area contributed by atoms with Crippen molar-refractivity contribution >= 4 is 22.9 Å². The van der Waals surface area contributed by atoms with Gasteiger partial charge in [0.2, 0.25) is 11.6 Å². The summed E-state index contributed by atoms with van der Waals surface area (Å²) in [6.45, 7) is 10.4. The molecule has 2 fully saturated rings. The van der Waals surface area contributed by atoms with Crippen LogP contribution in [0.4, 0.5) is 0 Å². The van der Waals surface area contributed by atoms with E-state index in [0.717, 1.165) is 73.6 Å². The summed E-state index contributed by atoms with van der Waals surface area (Å²) in [7, 11) is 0. The monoisotopic (exact) mass is 510 g/mol. The van der Waals surface area contributed by atoms with Crippen molar-refractivity contribution in [2.75, 3.05) is 0 Å². The molecule has 38 heavy (non-hydrogen) atoms. The van der Waals surface area contributed by atoms with Gasteiger partial charge in [-0.1, -0.05) is 69.2 Å². The number of carbonyl (C=O) groups excluding carboxylic acids is 3. The second-order valence-corrected chi connectivity index (χ2v) is 13.0. The van der Waals surface area contributed by atoms with Gasteiger partial charge in [-0.3, -0.25) is 14.4 Å². The molecular formula is C35H42O3. The Labute approximate surface area is 228 Å². The first kappa shape index (κ1) is 26.8. The van der Waals surface area contributed by atoms with Gasteiger partial charge in [0, 0.05) is 28.9 Å². The van der Waals surface area contributed by atoms with Crippen molar-refractivity contribution in [2.24, 2.45) is 23.2 Å². The molecule has 0 bridgehead atoms. The van der Waals surface area contributed by atoms with Gasteiger partial charge in [0.25, 0.3) is 0 Å². The summed E-state index contributed by atoms with van der Waals surface area (Å²) >= 11 is 0. The maximum atomic E-state index is 13.7. The third kappa shape index (κ3) is 5.09. The molecule has 0 N–H and O–H groups in total. The summed E-state index contributed by atoms with van der Waals surface area (Å²) in [6.07, 6.45) is 9.76. The number of fused-ring (bicyclic) bond motifs is 1. The van der Waals surface area contributed by atoms with Crippen LogP contribution in [-0.4, -0.2) is 17.3 Å². The minimum Gasteiger partial charge on any atom is -0.294 e. The van der Waals surface area contributed by atoms with Gasteiger partial charge in [-0.2, -0.15) is 0 Å². The molecule has 2 atom stereocenters. The Morgan fingerprint density at radius 3 is 2.24 bits per heavy atom. The minimum atomic E-state index is -0.366. The molecule has 0 heterocycles. The predicted molar refractivity (Wildman–Crippen MR) is 153 cm³/mol. The maximum absolute atomic E-state index is 13.7. The molecular weight excluding hydrogens is 468 g/mol. The Morgan fingerprint density at radius 1 is 0.921 bits per heavy atom. The molecule has 3 nitrogen and oxygen atoms in total. The van der Waals surface area contributed by atoms with E-state index in [2.05, 4.69) is 58.0 Å². The number of allylic oxidation sites excluding steroid dienone is 2. The summed E-state index contributed by atoms with van der Waals surface area (Å²) in [4.78, 5) is 40.6. The first-order valence-corrected chi connectivity index (χ1v) is 14.6. The van der Waals surface area contributed by atoms with Gasteiger partial charge in [0.15, 0.2) is 5.78 Å². The van der Waals surface area contributed by atoms with Crippen molar-refractivity contribution in [2.45, 2.75) is 91.9 Å². The molecule has 2 aromatic rings. The third-order valence-corrected chi connectivity index (χ3v) is 9.76. The van der Waals surface area contributed by atoms with Crippen LogP contribution in [0.25, 0.3) is 5.57 Å². The van der Waals surface area contributed by atoms with E-state index in [0.29, 0.717) is 11.5 Å². The van der Waals surface area contributed by atoms with Crippen LogP contribution in [0.3, 0.4) is 0 Å². The lowest BCUT2D eigenvalue weighted by atomic mass is 9.75. The first-order chi connectivity index (χ1) is 18.0. The van der Waals surface area contributed by atoms with Crippen molar-refractivity contribution in [3.05, 3.63) is 75.9 Å². The lowest BCUT2D eigenvalue weighted by Gasteiger charge is -2.28. The van der Waals surface area contributed by atoms with E-state index in [9.17, 15) is 14.4 Å². The highest BCUT2D eigenvalue weighted by atomic mass is 16.2. The number of aryl methyl sites for hydroxylation is 2. The summed E-state index contributed by atoms with van der Waals surface area (Å²) in [5.41, 5.74) is 6.61. The zero-order valence-electron chi connectivity index (χ0n) is 23.7. The standard InChI is InChI=1S/C35H42O3/c1-21-8-10-24(11-9-21)19-25-12-14-26(15-13-25)32(36)28-20-29-27(17-23(28)3)22(2)18-30(29)33(37)34(38)31-7-6-16-35(31,4)5/h8-11,17-18,20,22,25-26,31H,6-7,12-16,19H2,1-5H3. The van der Waals surface area contributed by atoms with Gasteiger partial charge < -0.3 is 0 Å². The van der Waals surface area contributed by atoms with Crippen LogP contribution < -0.4 is 0 Å². The molecule has 3 aliphatic carbocycles. The average Bonchev–Trinajstić information content (AvgIpc) is 3.42. The van der Waals surface area contributed by atoms with Crippen LogP contribution >= 0.6 is 0 Å². The van der Waals surface area contributed by atoms with Crippen molar-refractivity contribution in [1.29, 1.82) is 0 Å². The molecule has 5 rings (SSSR count). The Bertz CT molecular complexity index is 1290. The van der Waals surface area contributed by atoms with Gasteiger partial charge in [-0.25, -0.2) is 0 Å². The topological polar surface area (TPSA) is 51.2 Å². The van der Waals surface area contributed by atoms with Gasteiger partial charge in [0.05, 0.1) is 0 Å². The second-order valence-electron chi connectivity index (χ2n) is 13.0. The molecule has 0 radical (unpaired) electrons. The number of benzene rings is 2. The highest BCUT2D eigenvalue weighted by Gasteiger charge is 2.43. The smallest absolute Gasteiger partial charge is 0.229 e. The molecule has 2 unspecified atom stereocenters. The Kier molecular flexibility index (Phi) is 7.33. The molecule has 2 aromatic carbocycles. The van der Waals surface area contributed by atoms with E-state index in [1.54, 1.807) is 0 Å². The van der Waals surface area contributed by atoms with Crippen LogP contribution in [0.1, 0.15) is 110 Å². The van der Waals surface area contributed by atoms with Gasteiger partial charge in [0.1, 0.15) is 0 Å². The van der Waals surface area contributed by atoms with E-state index in [1.165, 1.54) is 11.1 Å². The van der Waals surface area contributed by atoms with Crippen LogP contribution in [0.5, 0.6) is 0 Å². The Balaban J connectivity index is 1.31. The lowest BCUT2D eigenvalue weighted by molar-refractivity contribution is -0.137. The summed E-state index contributed by atoms with van der Waals surface area (Å²) in [5.74, 6) is 0.0956. The number of hydrogen-bond acceptors (Lipinski definition) is 3. The summed E-state index contributed by atoms with van der Waals surface area (Å²) < 4.78 is 0. The lowest BCUT2D eigenvalue weighted by Crippen LogP contribution is -2.31. The maximum Gasteiger partial charge on any atom is 0.229 e. The number of rotatable bonds is 7. The molecule has 3 heteroatoms. The SMILES string of the molecule is Cc1ccc(CC2CCC(C(=O)c3cc4c(cc3C)C(C)C=C4C(=O)C(=O)C3CCCC3(C)C)CC2)cc1. The highest BCUT2D eigenvalue weighted by molar-refractivity contribution is 6.55. The van der Waals surface area contributed by atoms with E-state index >= 15 is 0 Å². The van der Waals surface area contributed by atoms with Gasteiger partial charge in [-0.05, 0) is 98.4 Å². The van der Waals surface area contributed by atoms with E-state index in [-0.39, 0.29) is 40.5 Å². The molecule has 0 amide bonds. The molecule has 0 aliphatic heterocycles. The average molecular weight is 511 g/mol. The molecule has 0 saturated heterocycles. The third-order valence-electron chi connectivity index (χ3n) is 9.76. The molecule has 3 aliphatic rings. The summed E-state index contributed by atoms with van der Waals surface area (Å²) in [6, 6.07) is 12.8. The number of carbonyl (C=O) groups is 3. The van der Waals surface area contributed by atoms with Gasteiger partial charge in [-0.15, -0.1) is 0 Å². The molecule has 0 spiro atoms. The van der Waals surface area contributed by atoms with Crippen molar-refractivity contribution < 1.29 is 14.4 Å². The number of hydrogen-bond donors (Lipinski definition) is 0. The van der Waals surface area contributed by atoms with Crippen LogP contribution in [-0.2, 0) is 16.0 Å². The van der Waals surface area contributed by atoms with E-state index < -0.39 is 0 Å². The van der Waals surface area contributed by atoms with Crippen molar-refractivity contribution in [3.8, 4) is 0 Å². The van der Waals surface area contributed by atoms with Crippen LogP contribution in [0, 0.1) is 37.0 Å². The zero-order chi connectivity index (χ0) is 27.2. The van der Waals surface area contributed by atoms with Crippen LogP contribution in [0.15, 0.2) is 42.5 Å². The quantitative estimate of drug-likeness (QED) is 0.280. The second kappa shape index (κ2) is 10.4.